The smallest absolute Gasteiger partial charge is 0.285 e. The number of rotatable bonds is 3. The molecule has 2 aromatic carbocycles. The number of urea groups is 1. The Morgan fingerprint density at radius 2 is 1.68 bits per heavy atom. The highest BCUT2D eigenvalue weighted by Gasteiger charge is 2.37. The summed E-state index contributed by atoms with van der Waals surface area (Å²) < 4.78 is 0. The summed E-state index contributed by atoms with van der Waals surface area (Å²) in [6, 6.07) is 16.5. The number of carbonyl (C=O) groups is 2. The molecule has 0 N–H and O–H groups in total. The first-order valence-electron chi connectivity index (χ1n) is 8.02. The number of aromatic nitrogens is 2. The summed E-state index contributed by atoms with van der Waals surface area (Å²) in [6.07, 6.45) is 0. The lowest BCUT2D eigenvalue weighted by atomic mass is 10.2. The van der Waals surface area contributed by atoms with E-state index in [1.165, 1.54) is 9.80 Å². The van der Waals surface area contributed by atoms with Crippen molar-refractivity contribution in [3.63, 3.8) is 0 Å². The van der Waals surface area contributed by atoms with Crippen LogP contribution in [0.15, 0.2) is 54.6 Å². The topological polar surface area (TPSA) is 66.4 Å². The van der Waals surface area contributed by atoms with Gasteiger partial charge in [0.1, 0.15) is 12.4 Å². The highest BCUT2D eigenvalue weighted by Crippen LogP contribution is 2.22. The van der Waals surface area contributed by atoms with E-state index in [2.05, 4.69) is 9.97 Å². The number of hydrogen-bond donors (Lipinski definition) is 0. The fourth-order valence-electron chi connectivity index (χ4n) is 3.01. The molecule has 0 aliphatic carbocycles. The van der Waals surface area contributed by atoms with E-state index in [-0.39, 0.29) is 25.0 Å². The van der Waals surface area contributed by atoms with Crippen molar-refractivity contribution in [2.45, 2.75) is 13.5 Å². The van der Waals surface area contributed by atoms with E-state index in [1.54, 1.807) is 0 Å². The van der Waals surface area contributed by atoms with Gasteiger partial charge >= 0.3 is 6.03 Å². The van der Waals surface area contributed by atoms with Crippen LogP contribution in [0.25, 0.3) is 10.9 Å². The molecule has 1 saturated heterocycles. The molecule has 2 heterocycles. The summed E-state index contributed by atoms with van der Waals surface area (Å²) in [5.74, 6) is 0.219. The van der Waals surface area contributed by atoms with Gasteiger partial charge in [0.15, 0.2) is 0 Å². The number of imide groups is 1. The third kappa shape index (κ3) is 2.71. The Kier molecular flexibility index (Phi) is 3.65. The van der Waals surface area contributed by atoms with Crippen LogP contribution in [0.1, 0.15) is 11.5 Å². The normalized spacial score (nSPS) is 14.6. The quantitative estimate of drug-likeness (QED) is 0.692. The predicted octanol–water partition coefficient (Wildman–Crippen LogP) is 2.91. The second-order valence-corrected chi connectivity index (χ2v) is 5.93. The maximum atomic E-state index is 12.6. The maximum Gasteiger partial charge on any atom is 0.332 e. The van der Waals surface area contributed by atoms with E-state index in [9.17, 15) is 9.59 Å². The molecule has 0 bridgehead atoms. The molecule has 3 aromatic rings. The molecule has 1 aromatic heterocycles. The van der Waals surface area contributed by atoms with E-state index in [0.717, 1.165) is 16.6 Å². The number of anilines is 1. The van der Waals surface area contributed by atoms with Crippen LogP contribution in [0.3, 0.4) is 0 Å². The average molecular weight is 332 g/mol. The van der Waals surface area contributed by atoms with Crippen molar-refractivity contribution in [3.05, 3.63) is 66.1 Å². The number of nitrogens with zero attached hydrogens (tertiary/aromatic N) is 4. The highest BCUT2D eigenvalue weighted by atomic mass is 16.2. The van der Waals surface area contributed by atoms with E-state index in [4.69, 9.17) is 0 Å². The number of fused-ring (bicyclic) bond motifs is 1. The molecule has 4 rings (SSSR count). The maximum absolute atomic E-state index is 12.6. The van der Waals surface area contributed by atoms with Crippen LogP contribution in [0.4, 0.5) is 10.5 Å². The molecule has 1 aliphatic heterocycles. The summed E-state index contributed by atoms with van der Waals surface area (Å²) >= 11 is 0. The van der Waals surface area contributed by atoms with Gasteiger partial charge in [-0.2, -0.15) is 0 Å². The lowest BCUT2D eigenvalue weighted by molar-refractivity contribution is -0.125. The third-order valence-corrected chi connectivity index (χ3v) is 4.26. The summed E-state index contributed by atoms with van der Waals surface area (Å²) in [5, 5.41) is 0.969. The van der Waals surface area contributed by atoms with E-state index in [0.29, 0.717) is 11.5 Å². The van der Waals surface area contributed by atoms with Gasteiger partial charge in [-0.15, -0.1) is 0 Å². The lowest BCUT2D eigenvalue weighted by Gasteiger charge is -2.17. The number of para-hydroxylation sites is 2. The molecule has 3 amide bonds. The van der Waals surface area contributed by atoms with Crippen LogP contribution in [-0.2, 0) is 11.3 Å². The number of carbonyl (C=O) groups excluding carboxylic acids is 2. The molecule has 1 fully saturated rings. The van der Waals surface area contributed by atoms with Crippen LogP contribution in [0.2, 0.25) is 0 Å². The largest absolute Gasteiger partial charge is 0.332 e. The number of hydrogen-bond acceptors (Lipinski definition) is 4. The van der Waals surface area contributed by atoms with E-state index < -0.39 is 0 Å². The molecular formula is C19H16N4O2. The number of amides is 3. The molecule has 0 radical (unpaired) electrons. The van der Waals surface area contributed by atoms with Gasteiger partial charge in [0.25, 0.3) is 5.91 Å². The number of benzene rings is 2. The van der Waals surface area contributed by atoms with Gasteiger partial charge in [0, 0.05) is 16.8 Å². The molecule has 25 heavy (non-hydrogen) atoms. The molecule has 6 heteroatoms. The Hall–Kier alpha value is -3.28. The molecule has 124 valence electrons. The Balaban J connectivity index is 1.63. The zero-order valence-electron chi connectivity index (χ0n) is 13.7. The zero-order chi connectivity index (χ0) is 17.4. The van der Waals surface area contributed by atoms with E-state index >= 15 is 0 Å². The lowest BCUT2D eigenvalue weighted by Crippen LogP contribution is -2.33. The minimum Gasteiger partial charge on any atom is -0.285 e. The Morgan fingerprint density at radius 3 is 2.48 bits per heavy atom. The fraction of sp³-hybridized carbons (Fsp3) is 0.158. The summed E-state index contributed by atoms with van der Waals surface area (Å²) in [6.45, 7) is 2.01. The fourth-order valence-corrected chi connectivity index (χ4v) is 3.01. The first kappa shape index (κ1) is 15.3. The predicted molar refractivity (Wildman–Crippen MR) is 94.0 cm³/mol. The van der Waals surface area contributed by atoms with Gasteiger partial charge in [-0.3, -0.25) is 14.6 Å². The summed E-state index contributed by atoms with van der Waals surface area (Å²) in [7, 11) is 0. The van der Waals surface area contributed by atoms with Crippen molar-refractivity contribution in [2.75, 3.05) is 11.4 Å². The zero-order valence-corrected chi connectivity index (χ0v) is 13.7. The minimum atomic E-state index is -0.342. The van der Waals surface area contributed by atoms with Crippen LogP contribution in [-0.4, -0.2) is 33.4 Å². The Bertz CT molecular complexity index is 972. The van der Waals surface area contributed by atoms with Crippen molar-refractivity contribution in [1.29, 1.82) is 0 Å². The van der Waals surface area contributed by atoms with Crippen LogP contribution < -0.4 is 4.90 Å². The van der Waals surface area contributed by atoms with Crippen molar-refractivity contribution in [2.24, 2.45) is 0 Å². The first-order valence-corrected chi connectivity index (χ1v) is 8.02. The van der Waals surface area contributed by atoms with E-state index in [1.807, 2.05) is 61.5 Å². The SMILES string of the molecule is Cc1nc(CN2C(=O)CN(c3ccccc3)C2=O)nc2ccccc12. The molecule has 0 atom stereocenters. The summed E-state index contributed by atoms with van der Waals surface area (Å²) in [4.78, 5) is 36.6. The average Bonchev–Trinajstić information content (AvgIpc) is 2.91. The second-order valence-electron chi connectivity index (χ2n) is 5.93. The van der Waals surface area contributed by atoms with Crippen molar-refractivity contribution >= 4 is 28.5 Å². The minimum absolute atomic E-state index is 0.0371. The van der Waals surface area contributed by atoms with Crippen molar-refractivity contribution in [3.8, 4) is 0 Å². The van der Waals surface area contributed by atoms with Crippen LogP contribution >= 0.6 is 0 Å². The molecule has 0 unspecified atom stereocenters. The molecule has 0 saturated carbocycles. The first-order chi connectivity index (χ1) is 12.1. The van der Waals surface area contributed by atoms with Gasteiger partial charge in [0.05, 0.1) is 12.1 Å². The second kappa shape index (κ2) is 5.98. The highest BCUT2D eigenvalue weighted by molar-refractivity contribution is 6.12. The van der Waals surface area contributed by atoms with Crippen LogP contribution in [0.5, 0.6) is 0 Å². The van der Waals surface area contributed by atoms with Gasteiger partial charge in [-0.1, -0.05) is 36.4 Å². The van der Waals surface area contributed by atoms with Gasteiger partial charge in [-0.25, -0.2) is 14.8 Å². The monoisotopic (exact) mass is 332 g/mol. The molecule has 0 spiro atoms. The van der Waals surface area contributed by atoms with Gasteiger partial charge < -0.3 is 0 Å². The van der Waals surface area contributed by atoms with Gasteiger partial charge in [0.2, 0.25) is 0 Å². The molecule has 1 aliphatic rings. The number of aryl methyl sites for hydroxylation is 1. The van der Waals surface area contributed by atoms with Gasteiger partial charge in [-0.05, 0) is 25.1 Å². The van der Waals surface area contributed by atoms with Crippen molar-refractivity contribution < 1.29 is 9.59 Å². The van der Waals surface area contributed by atoms with Crippen molar-refractivity contribution in [1.82, 2.24) is 14.9 Å². The standard InChI is InChI=1S/C19H16N4O2/c1-13-15-9-5-6-10-16(15)21-17(20-13)11-23-18(24)12-22(19(23)25)14-7-3-2-4-8-14/h2-10H,11-12H2,1H3. The van der Waals surface area contributed by atoms with Crippen LogP contribution in [0, 0.1) is 6.92 Å². The molecule has 6 nitrogen and oxygen atoms in total. The Labute approximate surface area is 144 Å². The third-order valence-electron chi connectivity index (χ3n) is 4.26. The summed E-state index contributed by atoms with van der Waals surface area (Å²) in [5.41, 5.74) is 2.35. The Morgan fingerprint density at radius 1 is 0.960 bits per heavy atom. The molecular weight excluding hydrogens is 316 g/mol.